The first-order valence-electron chi connectivity index (χ1n) is 10.6. The van der Waals surface area contributed by atoms with Crippen LogP contribution in [0.5, 0.6) is 0 Å². The molecule has 0 bridgehead atoms. The smallest absolute Gasteiger partial charge is 0.230 e. The summed E-state index contributed by atoms with van der Waals surface area (Å²) in [5.74, 6) is 0.446. The fourth-order valence-electron chi connectivity index (χ4n) is 4.26. The molecule has 0 spiro atoms. The normalized spacial score (nSPS) is 14.2. The van der Waals surface area contributed by atoms with Crippen LogP contribution in [-0.2, 0) is 11.2 Å². The summed E-state index contributed by atoms with van der Waals surface area (Å²) in [6.45, 7) is 0. The number of carbonyl (C=O) groups excluding carboxylic acids is 1. The Morgan fingerprint density at radius 3 is 2.56 bits per heavy atom. The lowest BCUT2D eigenvalue weighted by Crippen LogP contribution is -2.16. The van der Waals surface area contributed by atoms with Crippen molar-refractivity contribution < 1.29 is 13.6 Å². The third-order valence-corrected chi connectivity index (χ3v) is 5.81. The standard InChI is InChI=1S/C24H21F2N5O/c25-18-7-5-15(6-8-18)17-9-14(10-19(26)12-17)11-20(32)29-23-21-24(28-13-27-23)31-22(30-21)16-3-1-2-4-16/h5-10,12-13,16H,1-4,11H2,(H2,27,28,29,30,31,32). The van der Waals surface area contributed by atoms with Crippen LogP contribution >= 0.6 is 0 Å². The van der Waals surface area contributed by atoms with Crippen LogP contribution in [-0.4, -0.2) is 25.8 Å². The molecule has 6 nitrogen and oxygen atoms in total. The van der Waals surface area contributed by atoms with E-state index in [-0.39, 0.29) is 18.1 Å². The van der Waals surface area contributed by atoms with E-state index in [1.54, 1.807) is 18.2 Å². The molecule has 4 aromatic rings. The number of aromatic amines is 1. The number of halogens is 2. The Balaban J connectivity index is 1.36. The lowest BCUT2D eigenvalue weighted by Gasteiger charge is -2.08. The Hall–Kier alpha value is -3.68. The topological polar surface area (TPSA) is 83.6 Å². The average molecular weight is 433 g/mol. The number of imidazole rings is 1. The van der Waals surface area contributed by atoms with Crippen molar-refractivity contribution in [1.29, 1.82) is 0 Å². The maximum absolute atomic E-state index is 14.2. The van der Waals surface area contributed by atoms with Crippen LogP contribution in [0.3, 0.4) is 0 Å². The Bertz CT molecular complexity index is 1280. The molecule has 162 valence electrons. The van der Waals surface area contributed by atoms with Crippen molar-refractivity contribution in [3.63, 3.8) is 0 Å². The second-order valence-corrected chi connectivity index (χ2v) is 8.10. The van der Waals surface area contributed by atoms with Gasteiger partial charge in [0.2, 0.25) is 5.91 Å². The Morgan fingerprint density at radius 1 is 1.00 bits per heavy atom. The summed E-state index contributed by atoms with van der Waals surface area (Å²) in [6, 6.07) is 10.2. The zero-order valence-electron chi connectivity index (χ0n) is 17.2. The lowest BCUT2D eigenvalue weighted by atomic mass is 10.0. The van der Waals surface area contributed by atoms with E-state index in [4.69, 9.17) is 0 Å². The highest BCUT2D eigenvalue weighted by Gasteiger charge is 2.22. The maximum Gasteiger partial charge on any atom is 0.230 e. The SMILES string of the molecule is O=C(Cc1cc(F)cc(-c2ccc(F)cc2)c1)Nc1ncnc2nc(C3CCCC3)[nH]c12. The van der Waals surface area contributed by atoms with Crippen molar-refractivity contribution in [2.75, 3.05) is 5.32 Å². The van der Waals surface area contributed by atoms with Crippen LogP contribution in [0, 0.1) is 11.6 Å². The molecule has 2 N–H and O–H groups in total. The van der Waals surface area contributed by atoms with Gasteiger partial charge in [-0.1, -0.05) is 31.0 Å². The van der Waals surface area contributed by atoms with E-state index in [2.05, 4.69) is 25.3 Å². The molecule has 0 unspecified atom stereocenters. The first-order chi connectivity index (χ1) is 15.5. The van der Waals surface area contributed by atoms with E-state index >= 15 is 0 Å². The number of nitrogens with one attached hydrogen (secondary N) is 2. The summed E-state index contributed by atoms with van der Waals surface area (Å²) in [6.07, 6.45) is 5.87. The fraction of sp³-hybridized carbons (Fsp3) is 0.250. The zero-order valence-corrected chi connectivity index (χ0v) is 17.2. The van der Waals surface area contributed by atoms with Gasteiger partial charge in [-0.05, 0) is 53.8 Å². The number of fused-ring (bicyclic) bond motifs is 1. The van der Waals surface area contributed by atoms with Crippen LogP contribution < -0.4 is 5.32 Å². The molecule has 0 saturated heterocycles. The molecule has 1 fully saturated rings. The molecule has 2 heterocycles. The number of nitrogens with zero attached hydrogens (tertiary/aromatic N) is 3. The summed E-state index contributed by atoms with van der Waals surface area (Å²) in [5, 5.41) is 2.79. The molecule has 0 aliphatic heterocycles. The van der Waals surface area contributed by atoms with Gasteiger partial charge in [0.05, 0.1) is 6.42 Å². The highest BCUT2D eigenvalue weighted by atomic mass is 19.1. The summed E-state index contributed by atoms with van der Waals surface area (Å²) >= 11 is 0. The van der Waals surface area contributed by atoms with Crippen LogP contribution in [0.25, 0.3) is 22.3 Å². The number of aromatic nitrogens is 4. The molecular formula is C24H21F2N5O. The quantitative estimate of drug-likeness (QED) is 0.457. The Morgan fingerprint density at radius 2 is 1.78 bits per heavy atom. The summed E-state index contributed by atoms with van der Waals surface area (Å²) < 4.78 is 27.4. The molecule has 2 aromatic heterocycles. The van der Waals surface area contributed by atoms with Gasteiger partial charge in [0, 0.05) is 5.92 Å². The molecule has 1 aliphatic rings. The third-order valence-electron chi connectivity index (χ3n) is 5.81. The van der Waals surface area contributed by atoms with Crippen LogP contribution in [0.1, 0.15) is 43.0 Å². The molecule has 1 aliphatic carbocycles. The van der Waals surface area contributed by atoms with Crippen LogP contribution in [0.2, 0.25) is 0 Å². The van der Waals surface area contributed by atoms with Crippen molar-refractivity contribution in [2.24, 2.45) is 0 Å². The van der Waals surface area contributed by atoms with Gasteiger partial charge in [0.1, 0.15) is 29.3 Å². The molecule has 0 atom stereocenters. The fourth-order valence-corrected chi connectivity index (χ4v) is 4.26. The van der Waals surface area contributed by atoms with Gasteiger partial charge >= 0.3 is 0 Å². The van der Waals surface area contributed by atoms with E-state index in [9.17, 15) is 13.6 Å². The number of amides is 1. The van der Waals surface area contributed by atoms with Gasteiger partial charge in [-0.25, -0.2) is 23.7 Å². The predicted octanol–water partition coefficient (Wildman–Crippen LogP) is 5.14. The molecule has 32 heavy (non-hydrogen) atoms. The number of benzene rings is 2. The molecule has 8 heteroatoms. The van der Waals surface area contributed by atoms with Gasteiger partial charge in [-0.3, -0.25) is 4.79 Å². The first kappa shape index (κ1) is 20.2. The lowest BCUT2D eigenvalue weighted by molar-refractivity contribution is -0.115. The van der Waals surface area contributed by atoms with Crippen molar-refractivity contribution in [1.82, 2.24) is 19.9 Å². The molecular weight excluding hydrogens is 412 g/mol. The maximum atomic E-state index is 14.2. The van der Waals surface area contributed by atoms with Gasteiger partial charge in [0.25, 0.3) is 0 Å². The summed E-state index contributed by atoms with van der Waals surface area (Å²) in [7, 11) is 0. The largest absolute Gasteiger partial charge is 0.337 e. The summed E-state index contributed by atoms with van der Waals surface area (Å²) in [4.78, 5) is 29.0. The van der Waals surface area contributed by atoms with Gasteiger partial charge < -0.3 is 10.3 Å². The van der Waals surface area contributed by atoms with Crippen molar-refractivity contribution in [3.05, 3.63) is 71.8 Å². The van der Waals surface area contributed by atoms with E-state index in [0.717, 1.165) is 18.7 Å². The zero-order chi connectivity index (χ0) is 22.1. The molecule has 1 amide bonds. The van der Waals surface area contributed by atoms with Crippen molar-refractivity contribution in [2.45, 2.75) is 38.0 Å². The number of anilines is 1. The Labute approximate surface area is 183 Å². The second-order valence-electron chi connectivity index (χ2n) is 8.10. The van der Waals surface area contributed by atoms with Gasteiger partial charge in [-0.2, -0.15) is 0 Å². The monoisotopic (exact) mass is 433 g/mol. The number of rotatable bonds is 5. The minimum absolute atomic E-state index is 0.0406. The first-order valence-corrected chi connectivity index (χ1v) is 10.6. The highest BCUT2D eigenvalue weighted by molar-refractivity contribution is 5.97. The van der Waals surface area contributed by atoms with Crippen molar-refractivity contribution in [3.8, 4) is 11.1 Å². The van der Waals surface area contributed by atoms with Gasteiger partial charge in [-0.15, -0.1) is 0 Å². The van der Waals surface area contributed by atoms with Crippen molar-refractivity contribution >= 4 is 22.9 Å². The minimum Gasteiger partial charge on any atom is -0.337 e. The number of H-pyrrole nitrogens is 1. The number of hydrogen-bond donors (Lipinski definition) is 2. The average Bonchev–Trinajstić information content (AvgIpc) is 3.44. The molecule has 5 rings (SSSR count). The van der Waals surface area contributed by atoms with Crippen LogP contribution in [0.4, 0.5) is 14.6 Å². The van der Waals surface area contributed by atoms with Crippen LogP contribution in [0.15, 0.2) is 48.8 Å². The molecule has 1 saturated carbocycles. The minimum atomic E-state index is -0.464. The van der Waals surface area contributed by atoms with E-state index < -0.39 is 5.82 Å². The number of hydrogen-bond acceptors (Lipinski definition) is 4. The van der Waals surface area contributed by atoms with E-state index in [0.29, 0.717) is 39.6 Å². The number of carbonyl (C=O) groups is 1. The molecule has 0 radical (unpaired) electrons. The van der Waals surface area contributed by atoms with E-state index in [1.165, 1.54) is 43.4 Å². The second kappa shape index (κ2) is 8.45. The Kier molecular flexibility index (Phi) is 5.34. The molecule has 2 aromatic carbocycles. The summed E-state index contributed by atoms with van der Waals surface area (Å²) in [5.41, 5.74) is 2.85. The third kappa shape index (κ3) is 4.21. The highest BCUT2D eigenvalue weighted by Crippen LogP contribution is 2.33. The van der Waals surface area contributed by atoms with E-state index in [1.807, 2.05) is 0 Å². The predicted molar refractivity (Wildman–Crippen MR) is 117 cm³/mol. The van der Waals surface area contributed by atoms with Gasteiger partial charge in [0.15, 0.2) is 11.5 Å².